The van der Waals surface area contributed by atoms with E-state index in [1.54, 1.807) is 11.1 Å². The molecule has 4 nitrogen and oxygen atoms in total. The minimum Gasteiger partial charge on any atom is -0.312 e. The molecule has 41 heavy (non-hydrogen) atoms. The van der Waals surface area contributed by atoms with Crippen LogP contribution >= 0.6 is 0 Å². The zero-order valence-corrected chi connectivity index (χ0v) is 23.8. The average Bonchev–Trinajstić information content (AvgIpc) is 3.43. The predicted octanol–water partition coefficient (Wildman–Crippen LogP) is 7.12. The highest BCUT2D eigenvalue weighted by Gasteiger charge is 2.66. The fourth-order valence-electron chi connectivity index (χ4n) is 10.2. The van der Waals surface area contributed by atoms with Gasteiger partial charge < -0.3 is 4.90 Å². The van der Waals surface area contributed by atoms with Gasteiger partial charge in [-0.1, -0.05) is 91.9 Å². The standard InChI is InChI=1S/C37H40N4/c1-23-16-17-33-31(18-23)37(28-20-24-19-27(22-28)30(37)21-24)29-14-8-9-15-32(29)41(33)36-39-34(25-10-4-2-5-11-25)38-35(40-36)26-12-6-3-7-13-26/h2-17,23-24,27-28,30,34-36,38-40H,18-22H2,1H3. The number of allylic oxidation sites excluding steroid dienone is 3. The molecule has 10 rings (SSSR count). The van der Waals surface area contributed by atoms with Gasteiger partial charge in [-0.05, 0) is 96.1 Å². The minimum atomic E-state index is -0.0665. The van der Waals surface area contributed by atoms with Crippen molar-refractivity contribution in [1.29, 1.82) is 0 Å². The summed E-state index contributed by atoms with van der Waals surface area (Å²) in [6, 6.07) is 31.2. The summed E-state index contributed by atoms with van der Waals surface area (Å²) < 4.78 is 0. The van der Waals surface area contributed by atoms with Crippen LogP contribution in [0.1, 0.15) is 68.0 Å². The fourth-order valence-corrected chi connectivity index (χ4v) is 10.2. The Balaban J connectivity index is 1.21. The first-order valence-corrected chi connectivity index (χ1v) is 15.9. The minimum absolute atomic E-state index is 0.0179. The zero-order chi connectivity index (χ0) is 27.1. The van der Waals surface area contributed by atoms with Crippen LogP contribution in [0.2, 0.25) is 0 Å². The molecule has 4 saturated carbocycles. The second kappa shape index (κ2) is 9.16. The molecule has 0 aromatic heterocycles. The van der Waals surface area contributed by atoms with Crippen molar-refractivity contribution in [2.75, 3.05) is 4.90 Å². The molecular weight excluding hydrogens is 500 g/mol. The van der Waals surface area contributed by atoms with Crippen LogP contribution in [0.5, 0.6) is 0 Å². The number of nitrogens with one attached hydrogen (secondary N) is 3. The van der Waals surface area contributed by atoms with Crippen LogP contribution < -0.4 is 20.9 Å². The summed E-state index contributed by atoms with van der Waals surface area (Å²) in [5.41, 5.74) is 8.91. The van der Waals surface area contributed by atoms with Crippen molar-refractivity contribution in [2.24, 2.45) is 29.6 Å². The van der Waals surface area contributed by atoms with Gasteiger partial charge in [0.05, 0.1) is 12.3 Å². The molecule has 4 bridgehead atoms. The summed E-state index contributed by atoms with van der Waals surface area (Å²) in [6.45, 7) is 2.42. The third kappa shape index (κ3) is 3.51. The lowest BCUT2D eigenvalue weighted by molar-refractivity contribution is 0.167. The number of fused-ring (bicyclic) bond motifs is 1. The van der Waals surface area contributed by atoms with Crippen molar-refractivity contribution in [3.8, 4) is 0 Å². The van der Waals surface area contributed by atoms with Gasteiger partial charge in [0.2, 0.25) is 0 Å². The van der Waals surface area contributed by atoms with Crippen LogP contribution in [0.15, 0.2) is 108 Å². The molecule has 3 aromatic carbocycles. The van der Waals surface area contributed by atoms with Crippen molar-refractivity contribution in [3.63, 3.8) is 0 Å². The van der Waals surface area contributed by atoms with Crippen molar-refractivity contribution in [2.45, 2.75) is 63.1 Å². The second-order valence-electron chi connectivity index (χ2n) is 13.6. The average molecular weight is 541 g/mol. The van der Waals surface area contributed by atoms with Gasteiger partial charge in [-0.3, -0.25) is 16.0 Å². The van der Waals surface area contributed by atoms with Gasteiger partial charge in [0.1, 0.15) is 6.29 Å². The lowest BCUT2D eigenvalue weighted by Gasteiger charge is -2.56. The summed E-state index contributed by atoms with van der Waals surface area (Å²) in [7, 11) is 0. The van der Waals surface area contributed by atoms with E-state index >= 15 is 0 Å². The highest BCUT2D eigenvalue weighted by atomic mass is 15.5. The van der Waals surface area contributed by atoms with Crippen LogP contribution in [-0.4, -0.2) is 6.29 Å². The van der Waals surface area contributed by atoms with Crippen LogP contribution in [0, 0.1) is 29.6 Å². The summed E-state index contributed by atoms with van der Waals surface area (Å²) in [5.74, 6) is 4.05. The number of benzene rings is 3. The van der Waals surface area contributed by atoms with Crippen LogP contribution in [0.4, 0.5) is 5.69 Å². The predicted molar refractivity (Wildman–Crippen MR) is 165 cm³/mol. The lowest BCUT2D eigenvalue weighted by atomic mass is 9.54. The van der Waals surface area contributed by atoms with E-state index in [-0.39, 0.29) is 24.0 Å². The van der Waals surface area contributed by atoms with Gasteiger partial charge in [0, 0.05) is 16.8 Å². The quantitative estimate of drug-likeness (QED) is 0.331. The molecule has 8 unspecified atom stereocenters. The Hall–Kier alpha value is -3.18. The van der Waals surface area contributed by atoms with Crippen molar-refractivity contribution in [3.05, 3.63) is 125 Å². The fraction of sp³-hybridized carbons (Fsp3) is 0.405. The van der Waals surface area contributed by atoms with E-state index in [0.717, 1.165) is 23.7 Å². The van der Waals surface area contributed by atoms with Gasteiger partial charge >= 0.3 is 0 Å². The van der Waals surface area contributed by atoms with Crippen LogP contribution in [0.3, 0.4) is 0 Å². The molecule has 1 saturated heterocycles. The zero-order valence-electron chi connectivity index (χ0n) is 23.8. The molecule has 2 aliphatic heterocycles. The monoisotopic (exact) mass is 540 g/mol. The van der Waals surface area contributed by atoms with Crippen LogP contribution in [-0.2, 0) is 5.41 Å². The number of hydrogen-bond acceptors (Lipinski definition) is 4. The van der Waals surface area contributed by atoms with Crippen LogP contribution in [0.25, 0.3) is 0 Å². The maximum Gasteiger partial charge on any atom is 0.142 e. The Labute approximate surface area is 243 Å². The number of nitrogens with zero attached hydrogens (tertiary/aromatic N) is 1. The molecule has 208 valence electrons. The van der Waals surface area contributed by atoms with Gasteiger partial charge in [0.15, 0.2) is 0 Å². The lowest BCUT2D eigenvalue weighted by Crippen LogP contribution is -2.66. The number of anilines is 1. The molecule has 1 spiro atoms. The Morgan fingerprint density at radius 2 is 1.41 bits per heavy atom. The first kappa shape index (κ1) is 24.4. The van der Waals surface area contributed by atoms with Gasteiger partial charge in [0.25, 0.3) is 0 Å². The molecule has 5 aliphatic carbocycles. The summed E-state index contributed by atoms with van der Waals surface area (Å²) >= 11 is 0. The molecule has 2 heterocycles. The summed E-state index contributed by atoms with van der Waals surface area (Å²) in [6.07, 6.45) is 11.8. The Morgan fingerprint density at radius 1 is 0.732 bits per heavy atom. The summed E-state index contributed by atoms with van der Waals surface area (Å²) in [4.78, 5) is 2.63. The highest BCUT2D eigenvalue weighted by molar-refractivity contribution is 5.72. The maximum atomic E-state index is 4.01. The van der Waals surface area contributed by atoms with E-state index in [4.69, 9.17) is 0 Å². The second-order valence-corrected chi connectivity index (χ2v) is 13.6. The number of hydrogen-bond donors (Lipinski definition) is 3. The normalized spacial score (nSPS) is 38.4. The Morgan fingerprint density at radius 3 is 2.12 bits per heavy atom. The first-order chi connectivity index (χ1) is 20.2. The largest absolute Gasteiger partial charge is 0.312 e. The smallest absolute Gasteiger partial charge is 0.142 e. The van der Waals surface area contributed by atoms with Crippen molar-refractivity contribution in [1.82, 2.24) is 16.0 Å². The third-order valence-corrected chi connectivity index (χ3v) is 11.5. The maximum absolute atomic E-state index is 4.01. The Kier molecular flexibility index (Phi) is 5.46. The molecule has 0 radical (unpaired) electrons. The topological polar surface area (TPSA) is 39.3 Å². The van der Waals surface area contributed by atoms with Gasteiger partial charge in [-0.25, -0.2) is 0 Å². The molecular formula is C37H40N4. The molecule has 3 N–H and O–H groups in total. The first-order valence-electron chi connectivity index (χ1n) is 15.9. The van der Waals surface area contributed by atoms with E-state index in [1.165, 1.54) is 54.6 Å². The third-order valence-electron chi connectivity index (χ3n) is 11.5. The number of para-hydroxylation sites is 1. The highest BCUT2D eigenvalue weighted by Crippen LogP contribution is 2.72. The van der Waals surface area contributed by atoms with Gasteiger partial charge in [-0.2, -0.15) is 0 Å². The van der Waals surface area contributed by atoms with Gasteiger partial charge in [-0.15, -0.1) is 0 Å². The SMILES string of the molecule is CC1C=CC2=C(C1)C1(c3ccccc3N2C2NC(c3ccccc3)NC(c3ccccc3)N2)C2CC3CC(C2)C1C3. The Bertz CT molecular complexity index is 1480. The van der Waals surface area contributed by atoms with Crippen molar-refractivity contribution < 1.29 is 0 Å². The molecule has 3 aromatic rings. The van der Waals surface area contributed by atoms with E-state index < -0.39 is 0 Å². The van der Waals surface area contributed by atoms with E-state index in [9.17, 15) is 0 Å². The molecule has 8 atom stereocenters. The van der Waals surface area contributed by atoms with E-state index in [2.05, 4.69) is 125 Å². The summed E-state index contributed by atoms with van der Waals surface area (Å²) in [5, 5.41) is 11.9. The van der Waals surface area contributed by atoms with E-state index in [1.807, 2.05) is 0 Å². The molecule has 7 aliphatic rings. The number of rotatable bonds is 3. The molecule has 4 heteroatoms. The molecule has 0 amide bonds. The van der Waals surface area contributed by atoms with Crippen molar-refractivity contribution >= 4 is 5.69 Å². The van der Waals surface area contributed by atoms with E-state index in [0.29, 0.717) is 5.92 Å². The molecule has 5 fully saturated rings.